The van der Waals surface area contributed by atoms with Gasteiger partial charge in [-0.25, -0.2) is 8.42 Å². The maximum atomic E-state index is 13.4. The lowest BCUT2D eigenvalue weighted by molar-refractivity contribution is -0.162. The van der Waals surface area contributed by atoms with Crippen molar-refractivity contribution in [1.29, 1.82) is 0 Å². The van der Waals surface area contributed by atoms with Gasteiger partial charge in [0.25, 0.3) is 0 Å². The average Bonchev–Trinajstić information content (AvgIpc) is 2.27. The van der Waals surface area contributed by atoms with E-state index in [1.54, 1.807) is 0 Å². The van der Waals surface area contributed by atoms with E-state index in [9.17, 15) is 26.0 Å². The molecule has 0 aromatic heterocycles. The van der Waals surface area contributed by atoms with Crippen molar-refractivity contribution >= 4 is 25.8 Å². The predicted molar refractivity (Wildman–Crippen MR) is 60.1 cm³/mol. The number of benzene rings is 1. The lowest BCUT2D eigenvalue weighted by Gasteiger charge is -2.24. The second kappa shape index (κ2) is 4.55. The number of hydrogen-bond acceptors (Lipinski definition) is 2. The zero-order valence-corrected chi connectivity index (χ0v) is 10.3. The Morgan fingerprint density at radius 1 is 1.11 bits per heavy atom. The third-order valence-electron chi connectivity index (χ3n) is 2.18. The summed E-state index contributed by atoms with van der Waals surface area (Å²) in [5.41, 5.74) is -0.728. The van der Waals surface area contributed by atoms with Crippen molar-refractivity contribution in [3.05, 3.63) is 42.0 Å². The molecule has 1 rings (SSSR count). The van der Waals surface area contributed by atoms with Crippen LogP contribution in [0.5, 0.6) is 0 Å². The summed E-state index contributed by atoms with van der Waals surface area (Å²) < 4.78 is 74.1. The van der Waals surface area contributed by atoms with Crippen molar-refractivity contribution in [2.45, 2.75) is 11.2 Å². The van der Waals surface area contributed by atoms with Crippen LogP contribution in [0.3, 0.4) is 0 Å². The number of alkyl halides is 4. The van der Waals surface area contributed by atoms with Crippen LogP contribution in [-0.4, -0.2) is 13.7 Å². The Hall–Kier alpha value is -1.08. The van der Waals surface area contributed by atoms with Crippen LogP contribution in [0, 0.1) is 0 Å². The van der Waals surface area contributed by atoms with Crippen LogP contribution in [0.4, 0.5) is 17.6 Å². The summed E-state index contributed by atoms with van der Waals surface area (Å²) in [7, 11) is -1.41. The Morgan fingerprint density at radius 2 is 1.56 bits per heavy atom. The minimum absolute atomic E-state index is 0.423. The largest absolute Gasteiger partial charge is 0.425 e. The molecule has 100 valence electrons. The molecular formula is C10H7ClF4O2S. The van der Waals surface area contributed by atoms with Gasteiger partial charge >= 0.3 is 20.2 Å². The first-order valence-corrected chi connectivity index (χ1v) is 6.78. The molecule has 0 fully saturated rings. The molecule has 0 unspecified atom stereocenters. The summed E-state index contributed by atoms with van der Waals surface area (Å²) in [4.78, 5) is 0. The molecule has 0 saturated carbocycles. The molecule has 0 bridgehead atoms. The molecule has 1 aromatic carbocycles. The standard InChI is InChI=1S/C10H7ClF4O2S/c1-2-7-3-5-8(6-4-7)9(12,13)10(14,15)18(11,16)17/h2-6H,1H2. The van der Waals surface area contributed by atoms with Gasteiger partial charge in [0, 0.05) is 16.2 Å². The Balaban J connectivity index is 3.32. The smallest absolute Gasteiger partial charge is 0.206 e. The summed E-state index contributed by atoms with van der Waals surface area (Å²) >= 11 is 0. The molecule has 0 aliphatic carbocycles. The molecule has 8 heteroatoms. The van der Waals surface area contributed by atoms with Gasteiger partial charge in [-0.3, -0.25) is 0 Å². The Labute approximate surface area is 105 Å². The summed E-state index contributed by atoms with van der Waals surface area (Å²) in [6.45, 7) is 3.36. The Morgan fingerprint density at radius 3 is 1.89 bits per heavy atom. The van der Waals surface area contributed by atoms with E-state index >= 15 is 0 Å². The highest BCUT2D eigenvalue weighted by Crippen LogP contribution is 2.47. The van der Waals surface area contributed by atoms with Gasteiger partial charge in [-0.05, 0) is 5.56 Å². The van der Waals surface area contributed by atoms with Crippen molar-refractivity contribution in [1.82, 2.24) is 0 Å². The first-order valence-electron chi connectivity index (χ1n) is 4.47. The second-order valence-corrected chi connectivity index (χ2v) is 5.96. The molecule has 2 nitrogen and oxygen atoms in total. The molecule has 0 saturated heterocycles. The minimum atomic E-state index is -5.76. The average molecular weight is 303 g/mol. The van der Waals surface area contributed by atoms with E-state index in [1.165, 1.54) is 6.08 Å². The maximum Gasteiger partial charge on any atom is 0.425 e. The third-order valence-corrected chi connectivity index (χ3v) is 3.63. The van der Waals surface area contributed by atoms with E-state index in [0.717, 1.165) is 12.1 Å². The molecule has 1 aromatic rings. The fourth-order valence-electron chi connectivity index (χ4n) is 1.15. The van der Waals surface area contributed by atoms with Gasteiger partial charge in [-0.15, -0.1) is 0 Å². The molecule has 0 spiro atoms. The molecule has 0 atom stereocenters. The highest BCUT2D eigenvalue weighted by molar-refractivity contribution is 8.14. The van der Waals surface area contributed by atoms with Gasteiger partial charge in [0.2, 0.25) is 0 Å². The van der Waals surface area contributed by atoms with Crippen LogP contribution in [-0.2, 0) is 15.0 Å². The second-order valence-electron chi connectivity index (χ2n) is 3.36. The van der Waals surface area contributed by atoms with Crippen LogP contribution in [0.2, 0.25) is 0 Å². The monoisotopic (exact) mass is 302 g/mol. The normalized spacial score (nSPS) is 13.4. The highest BCUT2D eigenvalue weighted by atomic mass is 35.7. The Bertz CT molecular complexity index is 552. The number of hydrogen-bond donors (Lipinski definition) is 0. The van der Waals surface area contributed by atoms with E-state index in [4.69, 9.17) is 0 Å². The van der Waals surface area contributed by atoms with Gasteiger partial charge in [-0.2, -0.15) is 17.6 Å². The molecule has 0 aliphatic rings. The van der Waals surface area contributed by atoms with Gasteiger partial charge in [0.05, 0.1) is 0 Å². The summed E-state index contributed by atoms with van der Waals surface area (Å²) in [5.74, 6) is -4.92. The fraction of sp³-hybridized carbons (Fsp3) is 0.200. The van der Waals surface area contributed by atoms with Gasteiger partial charge < -0.3 is 0 Å². The first-order chi connectivity index (χ1) is 8.04. The van der Waals surface area contributed by atoms with Crippen molar-refractivity contribution in [3.63, 3.8) is 0 Å². The summed E-state index contributed by atoms with van der Waals surface area (Å²) in [6.07, 6.45) is 1.32. The lowest BCUT2D eigenvalue weighted by Crippen LogP contribution is -2.42. The molecule has 0 aliphatic heterocycles. The molecule has 18 heavy (non-hydrogen) atoms. The maximum absolute atomic E-state index is 13.4. The van der Waals surface area contributed by atoms with E-state index in [-0.39, 0.29) is 0 Å². The SMILES string of the molecule is C=Cc1ccc(C(F)(F)C(F)(F)S(=O)(=O)Cl)cc1. The number of halogens is 5. The van der Waals surface area contributed by atoms with Crippen molar-refractivity contribution in [2.75, 3.05) is 0 Å². The van der Waals surface area contributed by atoms with Gasteiger partial charge in [0.1, 0.15) is 0 Å². The predicted octanol–water partition coefficient (Wildman–Crippen LogP) is 3.58. The van der Waals surface area contributed by atoms with Crippen LogP contribution in [0.1, 0.15) is 11.1 Å². The summed E-state index contributed by atoms with van der Waals surface area (Å²) in [5, 5.41) is -5.39. The van der Waals surface area contributed by atoms with E-state index in [2.05, 4.69) is 17.3 Å². The Kier molecular flexibility index (Phi) is 3.78. The molecule has 0 N–H and O–H groups in total. The topological polar surface area (TPSA) is 34.1 Å². The zero-order valence-electron chi connectivity index (χ0n) is 8.71. The fourth-order valence-corrected chi connectivity index (χ4v) is 1.86. The van der Waals surface area contributed by atoms with Crippen molar-refractivity contribution < 1.29 is 26.0 Å². The molecule has 0 heterocycles. The van der Waals surface area contributed by atoms with E-state index < -0.39 is 25.8 Å². The van der Waals surface area contributed by atoms with Crippen LogP contribution in [0.25, 0.3) is 6.08 Å². The number of rotatable bonds is 4. The zero-order chi connectivity index (χ0) is 14.2. The van der Waals surface area contributed by atoms with Gasteiger partial charge in [0.15, 0.2) is 0 Å². The summed E-state index contributed by atoms with van der Waals surface area (Å²) in [6, 6.07) is 3.58. The van der Waals surface area contributed by atoms with Crippen LogP contribution in [0.15, 0.2) is 30.8 Å². The van der Waals surface area contributed by atoms with E-state index in [1.807, 2.05) is 0 Å². The third kappa shape index (κ3) is 2.37. The van der Waals surface area contributed by atoms with E-state index in [0.29, 0.717) is 17.7 Å². The van der Waals surface area contributed by atoms with Crippen LogP contribution < -0.4 is 0 Å². The molecule has 0 amide bonds. The molecular weight excluding hydrogens is 296 g/mol. The van der Waals surface area contributed by atoms with Crippen LogP contribution >= 0.6 is 10.7 Å². The van der Waals surface area contributed by atoms with Crippen molar-refractivity contribution in [3.8, 4) is 0 Å². The lowest BCUT2D eigenvalue weighted by atomic mass is 10.1. The van der Waals surface area contributed by atoms with Gasteiger partial charge in [-0.1, -0.05) is 36.9 Å². The quantitative estimate of drug-likeness (QED) is 0.629. The molecule has 0 radical (unpaired) electrons. The minimum Gasteiger partial charge on any atom is -0.206 e. The van der Waals surface area contributed by atoms with Crippen molar-refractivity contribution in [2.24, 2.45) is 0 Å². The highest BCUT2D eigenvalue weighted by Gasteiger charge is 2.66. The first kappa shape index (κ1) is 15.0.